The van der Waals surface area contributed by atoms with Gasteiger partial charge >= 0.3 is 6.18 Å². The molecule has 0 radical (unpaired) electrons. The van der Waals surface area contributed by atoms with Crippen LogP contribution < -0.4 is 5.32 Å². The molecule has 1 N–H and O–H groups in total. The topological polar surface area (TPSA) is 29.1 Å². The lowest BCUT2D eigenvalue weighted by Crippen LogP contribution is -2.33. The van der Waals surface area contributed by atoms with Gasteiger partial charge in [0.15, 0.2) is 0 Å². The Balaban J connectivity index is 2.56. The summed E-state index contributed by atoms with van der Waals surface area (Å²) in [7, 11) is 0. The molecule has 7 heteroatoms. The van der Waals surface area contributed by atoms with Gasteiger partial charge in [-0.3, -0.25) is 4.79 Å². The van der Waals surface area contributed by atoms with Gasteiger partial charge in [0.2, 0.25) is 0 Å². The number of halogens is 4. The predicted octanol–water partition coefficient (Wildman–Crippen LogP) is 2.80. The van der Waals surface area contributed by atoms with Crippen molar-refractivity contribution in [1.29, 1.82) is 0 Å². The Kier molecular flexibility index (Phi) is 3.54. The first-order valence-electron chi connectivity index (χ1n) is 3.48. The third-order valence-electron chi connectivity index (χ3n) is 1.31. The van der Waals surface area contributed by atoms with E-state index in [-0.39, 0.29) is 5.56 Å². The number of alkyl halides is 3. The van der Waals surface area contributed by atoms with Gasteiger partial charge in [-0.2, -0.15) is 13.2 Å². The molecule has 0 aliphatic rings. The average molecular weight is 288 g/mol. The van der Waals surface area contributed by atoms with Crippen molar-refractivity contribution >= 4 is 33.2 Å². The SMILES string of the molecule is O=C(NCC(F)(F)F)c1ccsc1Br. The zero-order valence-corrected chi connectivity index (χ0v) is 9.09. The van der Waals surface area contributed by atoms with Crippen LogP contribution in [0.2, 0.25) is 0 Å². The van der Waals surface area contributed by atoms with E-state index in [1.165, 1.54) is 17.4 Å². The minimum absolute atomic E-state index is 0.222. The van der Waals surface area contributed by atoms with Gasteiger partial charge in [-0.05, 0) is 27.4 Å². The van der Waals surface area contributed by atoms with Crippen molar-refractivity contribution in [3.05, 3.63) is 20.8 Å². The summed E-state index contributed by atoms with van der Waals surface area (Å²) in [6.07, 6.45) is -4.38. The Hall–Kier alpha value is -0.560. The van der Waals surface area contributed by atoms with Crippen LogP contribution >= 0.6 is 27.3 Å². The lowest BCUT2D eigenvalue weighted by molar-refractivity contribution is -0.123. The summed E-state index contributed by atoms with van der Waals surface area (Å²) >= 11 is 4.30. The van der Waals surface area contributed by atoms with Crippen molar-refractivity contribution in [1.82, 2.24) is 5.32 Å². The van der Waals surface area contributed by atoms with Crippen LogP contribution in [-0.4, -0.2) is 18.6 Å². The molecule has 0 fully saturated rings. The molecule has 78 valence electrons. The molecule has 1 amide bonds. The number of carbonyl (C=O) groups excluding carboxylic acids is 1. The maximum atomic E-state index is 11.7. The standard InChI is InChI=1S/C7H5BrF3NOS/c8-5-4(1-2-14-5)6(13)12-3-7(9,10)11/h1-2H,3H2,(H,12,13). The Labute approximate surface area is 90.2 Å². The van der Waals surface area contributed by atoms with Crippen molar-refractivity contribution in [3.63, 3.8) is 0 Å². The van der Waals surface area contributed by atoms with Crippen molar-refractivity contribution in [2.24, 2.45) is 0 Å². The highest BCUT2D eigenvalue weighted by Crippen LogP contribution is 2.23. The molecule has 2 nitrogen and oxygen atoms in total. The lowest BCUT2D eigenvalue weighted by atomic mass is 10.3. The number of thiophene rings is 1. The average Bonchev–Trinajstić information content (AvgIpc) is 2.46. The summed E-state index contributed by atoms with van der Waals surface area (Å²) < 4.78 is 35.7. The monoisotopic (exact) mass is 287 g/mol. The fourth-order valence-electron chi connectivity index (χ4n) is 0.731. The second-order valence-electron chi connectivity index (χ2n) is 2.41. The first kappa shape index (κ1) is 11.5. The number of nitrogens with one attached hydrogen (secondary N) is 1. The molecule has 1 aromatic heterocycles. The summed E-state index contributed by atoms with van der Waals surface area (Å²) in [5, 5.41) is 3.40. The molecule has 0 saturated heterocycles. The molecule has 0 atom stereocenters. The fraction of sp³-hybridized carbons (Fsp3) is 0.286. The minimum Gasteiger partial charge on any atom is -0.343 e. The minimum atomic E-state index is -4.38. The van der Waals surface area contributed by atoms with Crippen LogP contribution in [0.5, 0.6) is 0 Å². The van der Waals surface area contributed by atoms with E-state index in [9.17, 15) is 18.0 Å². The van der Waals surface area contributed by atoms with E-state index >= 15 is 0 Å². The van der Waals surface area contributed by atoms with Gasteiger partial charge in [0, 0.05) is 0 Å². The van der Waals surface area contributed by atoms with Crippen molar-refractivity contribution in [3.8, 4) is 0 Å². The number of rotatable bonds is 2. The lowest BCUT2D eigenvalue weighted by Gasteiger charge is -2.07. The highest BCUT2D eigenvalue weighted by molar-refractivity contribution is 9.11. The van der Waals surface area contributed by atoms with E-state index in [1.54, 1.807) is 10.7 Å². The van der Waals surface area contributed by atoms with Gasteiger partial charge in [-0.15, -0.1) is 11.3 Å². The van der Waals surface area contributed by atoms with E-state index < -0.39 is 18.6 Å². The molecule has 1 aromatic rings. The number of carbonyl (C=O) groups is 1. The summed E-state index contributed by atoms with van der Waals surface area (Å²) in [4.78, 5) is 11.1. The highest BCUT2D eigenvalue weighted by Gasteiger charge is 2.28. The molecular weight excluding hydrogens is 283 g/mol. The van der Waals surface area contributed by atoms with Crippen LogP contribution in [0, 0.1) is 0 Å². The van der Waals surface area contributed by atoms with Gasteiger partial charge in [-0.25, -0.2) is 0 Å². The van der Waals surface area contributed by atoms with Gasteiger partial charge in [0.1, 0.15) is 6.54 Å². The van der Waals surface area contributed by atoms with E-state index in [2.05, 4.69) is 15.9 Å². The van der Waals surface area contributed by atoms with E-state index in [0.717, 1.165) is 0 Å². The molecule has 0 aliphatic heterocycles. The number of amides is 1. The zero-order valence-electron chi connectivity index (χ0n) is 6.69. The quantitative estimate of drug-likeness (QED) is 0.890. The molecule has 1 heterocycles. The third kappa shape index (κ3) is 3.30. The smallest absolute Gasteiger partial charge is 0.343 e. The molecule has 1 rings (SSSR count). The number of hydrogen-bond acceptors (Lipinski definition) is 2. The fourth-order valence-corrected chi connectivity index (χ4v) is 1.98. The molecule has 14 heavy (non-hydrogen) atoms. The first-order chi connectivity index (χ1) is 6.40. The molecule has 0 aromatic carbocycles. The van der Waals surface area contributed by atoms with Gasteiger partial charge < -0.3 is 5.32 Å². The number of hydrogen-bond donors (Lipinski definition) is 1. The second kappa shape index (κ2) is 4.31. The molecule has 0 saturated carbocycles. The van der Waals surface area contributed by atoms with E-state index in [0.29, 0.717) is 3.79 Å². The van der Waals surface area contributed by atoms with Crippen LogP contribution in [-0.2, 0) is 0 Å². The maximum absolute atomic E-state index is 11.7. The van der Waals surface area contributed by atoms with Crippen LogP contribution in [0.25, 0.3) is 0 Å². The summed E-state index contributed by atoms with van der Waals surface area (Å²) in [6.45, 7) is -1.31. The van der Waals surface area contributed by atoms with E-state index in [1.807, 2.05) is 0 Å². The molecule has 0 unspecified atom stereocenters. The van der Waals surface area contributed by atoms with Crippen molar-refractivity contribution in [2.75, 3.05) is 6.54 Å². The van der Waals surface area contributed by atoms with Gasteiger partial charge in [-0.1, -0.05) is 0 Å². The summed E-state index contributed by atoms with van der Waals surface area (Å²) in [5.74, 6) is -0.726. The van der Waals surface area contributed by atoms with Crippen molar-refractivity contribution in [2.45, 2.75) is 6.18 Å². The molecule has 0 spiro atoms. The normalized spacial score (nSPS) is 11.4. The largest absolute Gasteiger partial charge is 0.405 e. The van der Waals surface area contributed by atoms with E-state index in [4.69, 9.17) is 0 Å². The van der Waals surface area contributed by atoms with Crippen LogP contribution in [0.4, 0.5) is 13.2 Å². The summed E-state index contributed by atoms with van der Waals surface area (Å²) in [5.41, 5.74) is 0.222. The third-order valence-corrected chi connectivity index (χ3v) is 3.00. The summed E-state index contributed by atoms with van der Waals surface area (Å²) in [6, 6.07) is 1.46. The van der Waals surface area contributed by atoms with Gasteiger partial charge in [0.05, 0.1) is 9.35 Å². The molecule has 0 aliphatic carbocycles. The molecular formula is C7H5BrF3NOS. The molecule has 0 bridgehead atoms. The van der Waals surface area contributed by atoms with Crippen LogP contribution in [0.3, 0.4) is 0 Å². The van der Waals surface area contributed by atoms with Crippen LogP contribution in [0.1, 0.15) is 10.4 Å². The Morgan fingerprint density at radius 2 is 2.21 bits per heavy atom. The maximum Gasteiger partial charge on any atom is 0.405 e. The second-order valence-corrected chi connectivity index (χ2v) is 4.64. The predicted molar refractivity (Wildman–Crippen MR) is 50.4 cm³/mol. The highest BCUT2D eigenvalue weighted by atomic mass is 79.9. The Bertz CT molecular complexity index is 336. The van der Waals surface area contributed by atoms with Crippen LogP contribution in [0.15, 0.2) is 15.2 Å². The first-order valence-corrected chi connectivity index (χ1v) is 5.15. The zero-order chi connectivity index (χ0) is 10.8. The van der Waals surface area contributed by atoms with Crippen molar-refractivity contribution < 1.29 is 18.0 Å². The Morgan fingerprint density at radius 3 is 2.64 bits per heavy atom. The van der Waals surface area contributed by atoms with Gasteiger partial charge in [0.25, 0.3) is 5.91 Å². The Morgan fingerprint density at radius 1 is 1.57 bits per heavy atom.